The maximum Gasteiger partial charge on any atom is 0.131 e. The van der Waals surface area contributed by atoms with Crippen LogP contribution in [-0.4, -0.2) is 19.0 Å². The van der Waals surface area contributed by atoms with Crippen LogP contribution in [0.4, 0.5) is 4.39 Å². The largest absolute Gasteiger partial charge is 0.497 e. The molecule has 1 aromatic rings. The fraction of sp³-hybridized carbons (Fsp3) is 0.571. The van der Waals surface area contributed by atoms with E-state index in [-0.39, 0.29) is 5.82 Å². The van der Waals surface area contributed by atoms with Gasteiger partial charge in [-0.05, 0) is 18.4 Å². The number of halogens is 2. The molecule has 0 aliphatic heterocycles. The van der Waals surface area contributed by atoms with Crippen molar-refractivity contribution in [2.24, 2.45) is 5.92 Å². The van der Waals surface area contributed by atoms with E-state index in [2.05, 4.69) is 19.2 Å². The maximum atomic E-state index is 13.7. The molecule has 0 aliphatic carbocycles. The molecule has 102 valence electrons. The van der Waals surface area contributed by atoms with E-state index < -0.39 is 0 Å². The third-order valence-electron chi connectivity index (χ3n) is 3.04. The van der Waals surface area contributed by atoms with Crippen LogP contribution < -0.4 is 10.1 Å². The number of hydrogen-bond donors (Lipinski definition) is 1. The predicted octanol–water partition coefficient (Wildman–Crippen LogP) is 3.58. The summed E-state index contributed by atoms with van der Waals surface area (Å²) in [6, 6.07) is 5.23. The Morgan fingerprint density at radius 1 is 1.39 bits per heavy atom. The Morgan fingerprint density at radius 2 is 2.11 bits per heavy atom. The standard InChI is InChI=1S/C14H21ClFNO/c1-10(2)14(6-7-15)17-9-11-4-5-12(18-3)8-13(11)16/h4-5,8,10,14,17H,6-7,9H2,1-3H3. The van der Waals surface area contributed by atoms with Crippen LogP contribution in [0.2, 0.25) is 0 Å². The van der Waals surface area contributed by atoms with Crippen LogP contribution in [0.1, 0.15) is 25.8 Å². The Bertz CT molecular complexity index is 371. The summed E-state index contributed by atoms with van der Waals surface area (Å²) < 4.78 is 18.7. The highest BCUT2D eigenvalue weighted by atomic mass is 35.5. The first-order chi connectivity index (χ1) is 8.58. The molecule has 0 amide bonds. The first kappa shape index (κ1) is 15.3. The average Bonchev–Trinajstić information content (AvgIpc) is 2.35. The predicted molar refractivity (Wildman–Crippen MR) is 73.8 cm³/mol. The summed E-state index contributed by atoms with van der Waals surface area (Å²) in [6.45, 7) is 4.78. The van der Waals surface area contributed by atoms with Crippen molar-refractivity contribution in [1.29, 1.82) is 0 Å². The lowest BCUT2D eigenvalue weighted by Crippen LogP contribution is -2.34. The summed E-state index contributed by atoms with van der Waals surface area (Å²) in [6.07, 6.45) is 0.886. The molecule has 2 nitrogen and oxygen atoms in total. The quantitative estimate of drug-likeness (QED) is 0.767. The molecule has 18 heavy (non-hydrogen) atoms. The van der Waals surface area contributed by atoms with Crippen LogP contribution in [0.15, 0.2) is 18.2 Å². The molecule has 0 saturated heterocycles. The van der Waals surface area contributed by atoms with Gasteiger partial charge < -0.3 is 10.1 Å². The molecule has 0 saturated carbocycles. The summed E-state index contributed by atoms with van der Waals surface area (Å²) in [5, 5.41) is 3.35. The number of ether oxygens (including phenoxy) is 1. The summed E-state index contributed by atoms with van der Waals surface area (Å²) in [4.78, 5) is 0. The van der Waals surface area contributed by atoms with Crippen molar-refractivity contribution in [3.8, 4) is 5.75 Å². The number of nitrogens with one attached hydrogen (secondary N) is 1. The molecule has 0 spiro atoms. The minimum Gasteiger partial charge on any atom is -0.497 e. The van der Waals surface area contributed by atoms with E-state index in [0.29, 0.717) is 35.7 Å². The second-order valence-electron chi connectivity index (χ2n) is 4.67. The second kappa shape index (κ2) is 7.59. The van der Waals surface area contributed by atoms with E-state index in [1.807, 2.05) is 0 Å². The molecule has 4 heteroatoms. The number of methoxy groups -OCH3 is 1. The van der Waals surface area contributed by atoms with Gasteiger partial charge in [-0.2, -0.15) is 0 Å². The van der Waals surface area contributed by atoms with Gasteiger partial charge in [-0.15, -0.1) is 11.6 Å². The van der Waals surface area contributed by atoms with Crippen molar-refractivity contribution in [2.45, 2.75) is 32.9 Å². The van der Waals surface area contributed by atoms with Gasteiger partial charge in [0, 0.05) is 30.1 Å². The lowest BCUT2D eigenvalue weighted by molar-refractivity contribution is 0.384. The van der Waals surface area contributed by atoms with Gasteiger partial charge in [0.25, 0.3) is 0 Å². The van der Waals surface area contributed by atoms with Crippen molar-refractivity contribution in [3.63, 3.8) is 0 Å². The Labute approximate surface area is 113 Å². The maximum absolute atomic E-state index is 13.7. The van der Waals surface area contributed by atoms with Gasteiger partial charge in [-0.25, -0.2) is 4.39 Å². The lowest BCUT2D eigenvalue weighted by Gasteiger charge is -2.21. The first-order valence-electron chi connectivity index (χ1n) is 6.20. The topological polar surface area (TPSA) is 21.3 Å². The second-order valence-corrected chi connectivity index (χ2v) is 5.04. The van der Waals surface area contributed by atoms with E-state index in [0.717, 1.165) is 6.42 Å². The molecule has 0 heterocycles. The molecule has 0 bridgehead atoms. The minimum absolute atomic E-state index is 0.241. The van der Waals surface area contributed by atoms with Gasteiger partial charge in [0.1, 0.15) is 11.6 Å². The van der Waals surface area contributed by atoms with Gasteiger partial charge in [0.05, 0.1) is 7.11 Å². The molecule has 1 N–H and O–H groups in total. The van der Waals surface area contributed by atoms with Crippen LogP contribution in [0.5, 0.6) is 5.75 Å². The Kier molecular flexibility index (Phi) is 6.44. The van der Waals surface area contributed by atoms with Gasteiger partial charge in [-0.3, -0.25) is 0 Å². The highest BCUT2D eigenvalue weighted by Gasteiger charge is 2.13. The molecular formula is C14H21ClFNO. The number of alkyl halides is 1. The zero-order valence-corrected chi connectivity index (χ0v) is 11.9. The summed E-state index contributed by atoms with van der Waals surface area (Å²) in [7, 11) is 1.53. The third-order valence-corrected chi connectivity index (χ3v) is 3.26. The van der Waals surface area contributed by atoms with E-state index in [4.69, 9.17) is 16.3 Å². The van der Waals surface area contributed by atoms with Gasteiger partial charge in [0.15, 0.2) is 0 Å². The smallest absolute Gasteiger partial charge is 0.131 e. The van der Waals surface area contributed by atoms with E-state index in [9.17, 15) is 4.39 Å². The minimum atomic E-state index is -0.241. The molecule has 0 aliphatic rings. The van der Waals surface area contributed by atoms with E-state index in [1.54, 1.807) is 12.1 Å². The summed E-state index contributed by atoms with van der Waals surface area (Å²) in [5.74, 6) is 1.39. The fourth-order valence-electron chi connectivity index (χ4n) is 1.83. The zero-order chi connectivity index (χ0) is 13.5. The fourth-order valence-corrected chi connectivity index (χ4v) is 2.06. The Balaban J connectivity index is 2.61. The molecule has 0 fully saturated rings. The van der Waals surface area contributed by atoms with Crippen molar-refractivity contribution >= 4 is 11.6 Å². The average molecular weight is 274 g/mol. The monoisotopic (exact) mass is 273 g/mol. The molecule has 1 atom stereocenters. The highest BCUT2D eigenvalue weighted by Crippen LogP contribution is 2.17. The van der Waals surface area contributed by atoms with Crippen LogP contribution >= 0.6 is 11.6 Å². The van der Waals surface area contributed by atoms with E-state index in [1.165, 1.54) is 13.2 Å². The summed E-state index contributed by atoms with van der Waals surface area (Å²) in [5.41, 5.74) is 0.649. The van der Waals surface area contributed by atoms with Crippen LogP contribution in [0.25, 0.3) is 0 Å². The molecule has 1 rings (SSSR count). The van der Waals surface area contributed by atoms with Crippen LogP contribution in [0, 0.1) is 11.7 Å². The van der Waals surface area contributed by atoms with Crippen molar-refractivity contribution in [2.75, 3.05) is 13.0 Å². The molecule has 0 aromatic heterocycles. The third kappa shape index (κ3) is 4.46. The molecular weight excluding hydrogens is 253 g/mol. The SMILES string of the molecule is COc1ccc(CNC(CCCl)C(C)C)c(F)c1. The van der Waals surface area contributed by atoms with Crippen molar-refractivity contribution in [3.05, 3.63) is 29.6 Å². The van der Waals surface area contributed by atoms with E-state index >= 15 is 0 Å². The van der Waals surface area contributed by atoms with Crippen LogP contribution in [0.3, 0.4) is 0 Å². The first-order valence-corrected chi connectivity index (χ1v) is 6.73. The molecule has 1 aromatic carbocycles. The number of benzene rings is 1. The highest BCUT2D eigenvalue weighted by molar-refractivity contribution is 6.17. The molecule has 0 radical (unpaired) electrons. The number of rotatable bonds is 7. The van der Waals surface area contributed by atoms with Gasteiger partial charge >= 0.3 is 0 Å². The Morgan fingerprint density at radius 3 is 2.61 bits per heavy atom. The molecule has 1 unspecified atom stereocenters. The van der Waals surface area contributed by atoms with Gasteiger partial charge in [0.2, 0.25) is 0 Å². The zero-order valence-electron chi connectivity index (χ0n) is 11.2. The number of hydrogen-bond acceptors (Lipinski definition) is 2. The van der Waals surface area contributed by atoms with Crippen molar-refractivity contribution in [1.82, 2.24) is 5.32 Å². The van der Waals surface area contributed by atoms with Crippen molar-refractivity contribution < 1.29 is 9.13 Å². The van der Waals surface area contributed by atoms with Gasteiger partial charge in [-0.1, -0.05) is 19.9 Å². The summed E-state index contributed by atoms with van der Waals surface area (Å²) >= 11 is 5.76. The normalized spacial score (nSPS) is 12.8. The Hall–Kier alpha value is -0.800. The van der Waals surface area contributed by atoms with Crippen LogP contribution in [-0.2, 0) is 6.54 Å². The lowest BCUT2D eigenvalue weighted by atomic mass is 10.0.